The molecule has 0 fully saturated rings. The number of hydrogen-bond donors (Lipinski definition) is 0. The summed E-state index contributed by atoms with van der Waals surface area (Å²) >= 11 is 7.18. The number of methoxy groups -OCH3 is 1. The van der Waals surface area contributed by atoms with Gasteiger partial charge in [-0.1, -0.05) is 53.7 Å². The standard InChI is InChI=1S/C19H18ClN3O3S/c1-25-18(24)13-27-19-22-21-17(12-26-16-9-7-15(20)8-10-16)23(19)11-14-5-3-2-4-6-14/h2-10H,11-13H2,1H3. The van der Waals surface area contributed by atoms with Crippen molar-refractivity contribution in [2.45, 2.75) is 18.3 Å². The van der Waals surface area contributed by atoms with Gasteiger partial charge in [0.1, 0.15) is 12.4 Å². The van der Waals surface area contributed by atoms with Gasteiger partial charge in [0.2, 0.25) is 0 Å². The molecule has 0 atom stereocenters. The molecule has 6 nitrogen and oxygen atoms in total. The molecule has 0 aliphatic carbocycles. The van der Waals surface area contributed by atoms with Crippen LogP contribution < -0.4 is 4.74 Å². The number of esters is 1. The predicted molar refractivity (Wildman–Crippen MR) is 104 cm³/mol. The molecule has 0 saturated carbocycles. The monoisotopic (exact) mass is 403 g/mol. The number of carbonyl (C=O) groups is 1. The van der Waals surface area contributed by atoms with Crippen molar-refractivity contribution in [1.82, 2.24) is 14.8 Å². The van der Waals surface area contributed by atoms with Crippen molar-refractivity contribution < 1.29 is 14.3 Å². The molecule has 0 amide bonds. The summed E-state index contributed by atoms with van der Waals surface area (Å²) in [7, 11) is 1.36. The maximum absolute atomic E-state index is 11.5. The Morgan fingerprint density at radius 1 is 1.11 bits per heavy atom. The van der Waals surface area contributed by atoms with Crippen LogP contribution in [-0.4, -0.2) is 33.6 Å². The van der Waals surface area contributed by atoms with Crippen molar-refractivity contribution in [3.8, 4) is 5.75 Å². The number of halogens is 1. The maximum atomic E-state index is 11.5. The van der Waals surface area contributed by atoms with Crippen LogP contribution in [0.1, 0.15) is 11.4 Å². The second-order valence-corrected chi connectivity index (χ2v) is 6.96. The maximum Gasteiger partial charge on any atom is 0.316 e. The van der Waals surface area contributed by atoms with Crippen molar-refractivity contribution in [1.29, 1.82) is 0 Å². The molecule has 0 bridgehead atoms. The summed E-state index contributed by atoms with van der Waals surface area (Å²) in [5.74, 6) is 1.22. The van der Waals surface area contributed by atoms with Crippen LogP contribution >= 0.6 is 23.4 Å². The highest BCUT2D eigenvalue weighted by molar-refractivity contribution is 7.99. The van der Waals surface area contributed by atoms with Crippen LogP contribution in [-0.2, 0) is 22.7 Å². The van der Waals surface area contributed by atoms with E-state index < -0.39 is 0 Å². The van der Waals surface area contributed by atoms with E-state index in [1.54, 1.807) is 24.3 Å². The smallest absolute Gasteiger partial charge is 0.316 e. The summed E-state index contributed by atoms with van der Waals surface area (Å²) in [5, 5.41) is 9.74. The molecule has 3 aromatic rings. The van der Waals surface area contributed by atoms with E-state index in [9.17, 15) is 4.79 Å². The van der Waals surface area contributed by atoms with Gasteiger partial charge >= 0.3 is 5.97 Å². The highest BCUT2D eigenvalue weighted by Gasteiger charge is 2.15. The molecule has 0 radical (unpaired) electrons. The molecular formula is C19H18ClN3O3S. The summed E-state index contributed by atoms with van der Waals surface area (Å²) < 4.78 is 12.4. The van der Waals surface area contributed by atoms with Crippen molar-refractivity contribution >= 4 is 29.3 Å². The van der Waals surface area contributed by atoms with Crippen LogP contribution in [0, 0.1) is 0 Å². The summed E-state index contributed by atoms with van der Waals surface area (Å²) in [6.07, 6.45) is 0. The number of ether oxygens (including phenoxy) is 2. The van der Waals surface area contributed by atoms with Crippen molar-refractivity contribution in [2.24, 2.45) is 0 Å². The fraction of sp³-hybridized carbons (Fsp3) is 0.211. The number of thioether (sulfide) groups is 1. The van der Waals surface area contributed by atoms with Crippen LogP contribution in [0.3, 0.4) is 0 Å². The van der Waals surface area contributed by atoms with E-state index in [1.165, 1.54) is 18.9 Å². The third-order valence-electron chi connectivity index (χ3n) is 3.71. The second kappa shape index (κ2) is 9.43. The Balaban J connectivity index is 1.77. The van der Waals surface area contributed by atoms with Gasteiger partial charge in [0, 0.05) is 5.02 Å². The number of nitrogens with zero attached hydrogens (tertiary/aromatic N) is 3. The number of hydrogen-bond acceptors (Lipinski definition) is 6. The second-order valence-electron chi connectivity index (χ2n) is 5.58. The largest absolute Gasteiger partial charge is 0.486 e. The van der Waals surface area contributed by atoms with E-state index in [0.717, 1.165) is 5.56 Å². The average molecular weight is 404 g/mol. The number of rotatable bonds is 8. The third-order valence-corrected chi connectivity index (χ3v) is 4.90. The summed E-state index contributed by atoms with van der Waals surface area (Å²) in [5.41, 5.74) is 1.10. The lowest BCUT2D eigenvalue weighted by atomic mass is 10.2. The Hall–Kier alpha value is -2.51. The van der Waals surface area contributed by atoms with Crippen LogP contribution in [0.25, 0.3) is 0 Å². The lowest BCUT2D eigenvalue weighted by molar-refractivity contribution is -0.137. The van der Waals surface area contributed by atoms with Crippen LogP contribution in [0.5, 0.6) is 5.75 Å². The summed E-state index contributed by atoms with van der Waals surface area (Å²) in [4.78, 5) is 11.5. The molecule has 27 heavy (non-hydrogen) atoms. The molecule has 0 N–H and O–H groups in total. The molecular weight excluding hydrogens is 386 g/mol. The van der Waals surface area contributed by atoms with Gasteiger partial charge in [0.05, 0.1) is 19.4 Å². The lowest BCUT2D eigenvalue weighted by Gasteiger charge is -2.11. The molecule has 0 spiro atoms. The first-order valence-corrected chi connectivity index (χ1v) is 9.56. The van der Waals surface area contributed by atoms with E-state index in [4.69, 9.17) is 21.1 Å². The van der Waals surface area contributed by atoms with Gasteiger partial charge in [-0.3, -0.25) is 9.36 Å². The first-order valence-electron chi connectivity index (χ1n) is 8.19. The molecule has 0 unspecified atom stereocenters. The first kappa shape index (κ1) is 19.3. The topological polar surface area (TPSA) is 66.2 Å². The normalized spacial score (nSPS) is 10.6. The fourth-order valence-electron chi connectivity index (χ4n) is 2.32. The van der Waals surface area contributed by atoms with Gasteiger partial charge < -0.3 is 9.47 Å². The Labute approximate surface area is 166 Å². The van der Waals surface area contributed by atoms with Gasteiger partial charge in [-0.2, -0.15) is 0 Å². The highest BCUT2D eigenvalue weighted by atomic mass is 35.5. The van der Waals surface area contributed by atoms with E-state index in [-0.39, 0.29) is 18.3 Å². The van der Waals surface area contributed by atoms with E-state index in [2.05, 4.69) is 10.2 Å². The number of carbonyl (C=O) groups excluding carboxylic acids is 1. The van der Waals surface area contributed by atoms with Gasteiger partial charge in [0.15, 0.2) is 11.0 Å². The average Bonchev–Trinajstić information content (AvgIpc) is 3.08. The van der Waals surface area contributed by atoms with Gasteiger partial charge in [-0.25, -0.2) is 0 Å². The van der Waals surface area contributed by atoms with Crippen LogP contribution in [0.15, 0.2) is 59.8 Å². The molecule has 0 aliphatic heterocycles. The predicted octanol–water partition coefficient (Wildman–Crippen LogP) is 3.82. The highest BCUT2D eigenvalue weighted by Crippen LogP contribution is 2.21. The van der Waals surface area contributed by atoms with Gasteiger partial charge in [-0.05, 0) is 29.8 Å². The third kappa shape index (κ3) is 5.48. The molecule has 1 aromatic heterocycles. The summed E-state index contributed by atoms with van der Waals surface area (Å²) in [6.45, 7) is 0.830. The number of aromatic nitrogens is 3. The van der Waals surface area contributed by atoms with E-state index >= 15 is 0 Å². The summed E-state index contributed by atoms with van der Waals surface area (Å²) in [6, 6.07) is 17.1. The minimum Gasteiger partial charge on any atom is -0.486 e. The van der Waals surface area contributed by atoms with Crippen molar-refractivity contribution in [2.75, 3.05) is 12.9 Å². The minimum atomic E-state index is -0.312. The van der Waals surface area contributed by atoms with Crippen molar-refractivity contribution in [3.05, 3.63) is 71.0 Å². The van der Waals surface area contributed by atoms with E-state index in [0.29, 0.717) is 28.3 Å². The molecule has 2 aromatic carbocycles. The minimum absolute atomic E-state index is 0.168. The Bertz CT molecular complexity index is 885. The van der Waals surface area contributed by atoms with Crippen LogP contribution in [0.4, 0.5) is 0 Å². The fourth-order valence-corrected chi connectivity index (χ4v) is 3.23. The Morgan fingerprint density at radius 3 is 2.56 bits per heavy atom. The lowest BCUT2D eigenvalue weighted by Crippen LogP contribution is -2.10. The SMILES string of the molecule is COC(=O)CSc1nnc(COc2ccc(Cl)cc2)n1Cc1ccccc1. The Kier molecular flexibility index (Phi) is 6.73. The molecule has 8 heteroatoms. The van der Waals surface area contributed by atoms with Gasteiger partial charge in [-0.15, -0.1) is 10.2 Å². The quantitative estimate of drug-likeness (QED) is 0.420. The first-order chi connectivity index (χ1) is 13.2. The molecule has 140 valence electrons. The zero-order valence-electron chi connectivity index (χ0n) is 14.7. The molecule has 3 rings (SSSR count). The molecule has 1 heterocycles. The van der Waals surface area contributed by atoms with Crippen LogP contribution in [0.2, 0.25) is 5.02 Å². The zero-order chi connectivity index (χ0) is 19.1. The molecule has 0 saturated heterocycles. The Morgan fingerprint density at radius 2 is 1.85 bits per heavy atom. The van der Waals surface area contributed by atoms with Gasteiger partial charge in [0.25, 0.3) is 0 Å². The number of benzene rings is 2. The van der Waals surface area contributed by atoms with Crippen molar-refractivity contribution in [3.63, 3.8) is 0 Å². The van der Waals surface area contributed by atoms with E-state index in [1.807, 2.05) is 34.9 Å². The molecule has 0 aliphatic rings. The zero-order valence-corrected chi connectivity index (χ0v) is 16.2.